The minimum atomic E-state index is -0.0778. The van der Waals surface area contributed by atoms with Gasteiger partial charge in [0.25, 0.3) is 0 Å². The molecule has 0 radical (unpaired) electrons. The lowest BCUT2D eigenvalue weighted by molar-refractivity contribution is 0.173. The third-order valence-corrected chi connectivity index (χ3v) is 4.02. The van der Waals surface area contributed by atoms with E-state index in [9.17, 15) is 5.11 Å². The summed E-state index contributed by atoms with van der Waals surface area (Å²) in [6.07, 6.45) is 0. The van der Waals surface area contributed by atoms with Gasteiger partial charge in [-0.1, -0.05) is 13.0 Å². The van der Waals surface area contributed by atoms with Crippen molar-refractivity contribution in [1.82, 2.24) is 0 Å². The molecule has 3 rings (SSSR count). The Morgan fingerprint density at radius 2 is 1.88 bits per heavy atom. The van der Waals surface area contributed by atoms with Crippen LogP contribution in [-0.4, -0.2) is 37.3 Å². The van der Waals surface area contributed by atoms with Gasteiger partial charge in [0.15, 0.2) is 23.0 Å². The van der Waals surface area contributed by atoms with Crippen molar-refractivity contribution in [2.75, 3.05) is 27.1 Å². The van der Waals surface area contributed by atoms with Crippen LogP contribution in [0.25, 0.3) is 0 Å². The van der Waals surface area contributed by atoms with Crippen molar-refractivity contribution < 1.29 is 29.2 Å². The second-order valence-corrected chi connectivity index (χ2v) is 5.47. The van der Waals surface area contributed by atoms with Gasteiger partial charge >= 0.3 is 0 Å². The molecule has 1 atom stereocenters. The average molecular weight is 332 g/mol. The molecule has 0 saturated heterocycles. The van der Waals surface area contributed by atoms with Crippen LogP contribution in [0.15, 0.2) is 30.3 Å². The SMILES string of the molecule is COc1ccc(C(C)c2cc3c(cc2OCCO)OCO3)cc1O. The van der Waals surface area contributed by atoms with Crippen LogP contribution in [0.3, 0.4) is 0 Å². The van der Waals surface area contributed by atoms with Gasteiger partial charge in [0.1, 0.15) is 12.4 Å². The Morgan fingerprint density at radius 1 is 1.12 bits per heavy atom. The van der Waals surface area contributed by atoms with Crippen molar-refractivity contribution in [3.05, 3.63) is 41.5 Å². The highest BCUT2D eigenvalue weighted by Crippen LogP contribution is 2.43. The number of aliphatic hydroxyl groups excluding tert-OH is 1. The van der Waals surface area contributed by atoms with E-state index in [1.807, 2.05) is 19.1 Å². The zero-order valence-corrected chi connectivity index (χ0v) is 13.6. The molecular formula is C18H20O6. The molecule has 0 spiro atoms. The van der Waals surface area contributed by atoms with E-state index >= 15 is 0 Å². The van der Waals surface area contributed by atoms with Crippen LogP contribution in [0.5, 0.6) is 28.7 Å². The molecule has 6 nitrogen and oxygen atoms in total. The molecule has 0 fully saturated rings. The number of ether oxygens (including phenoxy) is 4. The van der Waals surface area contributed by atoms with Crippen LogP contribution in [0.2, 0.25) is 0 Å². The third kappa shape index (κ3) is 3.05. The zero-order valence-electron chi connectivity index (χ0n) is 13.6. The van der Waals surface area contributed by atoms with Gasteiger partial charge in [-0.25, -0.2) is 0 Å². The lowest BCUT2D eigenvalue weighted by atomic mass is 9.91. The number of benzene rings is 2. The minimum absolute atomic E-state index is 0.0648. The van der Waals surface area contributed by atoms with Gasteiger partial charge in [0.05, 0.1) is 13.7 Å². The summed E-state index contributed by atoms with van der Waals surface area (Å²) in [4.78, 5) is 0. The van der Waals surface area contributed by atoms with Crippen molar-refractivity contribution in [2.45, 2.75) is 12.8 Å². The molecule has 1 heterocycles. The molecule has 1 aliphatic rings. The maximum atomic E-state index is 10.0. The van der Waals surface area contributed by atoms with Crippen LogP contribution in [0, 0.1) is 0 Å². The number of aromatic hydroxyl groups is 1. The Labute approximate surface area is 140 Å². The maximum Gasteiger partial charge on any atom is 0.231 e. The molecule has 128 valence electrons. The van der Waals surface area contributed by atoms with Gasteiger partial charge < -0.3 is 29.2 Å². The first kappa shape index (κ1) is 16.3. The first-order chi connectivity index (χ1) is 11.6. The quantitative estimate of drug-likeness (QED) is 0.847. The Hall–Kier alpha value is -2.60. The van der Waals surface area contributed by atoms with E-state index in [0.29, 0.717) is 23.0 Å². The molecule has 0 saturated carbocycles. The number of phenols is 1. The summed E-state index contributed by atoms with van der Waals surface area (Å²) in [5, 5.41) is 19.1. The maximum absolute atomic E-state index is 10.0. The highest BCUT2D eigenvalue weighted by Gasteiger charge is 2.22. The fourth-order valence-electron chi connectivity index (χ4n) is 2.71. The largest absolute Gasteiger partial charge is 0.504 e. The summed E-state index contributed by atoms with van der Waals surface area (Å²) in [7, 11) is 1.51. The highest BCUT2D eigenvalue weighted by molar-refractivity contribution is 5.55. The molecule has 1 aliphatic heterocycles. The smallest absolute Gasteiger partial charge is 0.231 e. The Balaban J connectivity index is 1.98. The molecule has 2 aromatic carbocycles. The van der Waals surface area contributed by atoms with E-state index < -0.39 is 0 Å². The molecule has 2 N–H and O–H groups in total. The average Bonchev–Trinajstić information content (AvgIpc) is 3.05. The van der Waals surface area contributed by atoms with Crippen molar-refractivity contribution in [1.29, 1.82) is 0 Å². The van der Waals surface area contributed by atoms with Crippen LogP contribution in [0.1, 0.15) is 24.0 Å². The third-order valence-electron chi connectivity index (χ3n) is 4.02. The minimum Gasteiger partial charge on any atom is -0.504 e. The lowest BCUT2D eigenvalue weighted by Gasteiger charge is -2.18. The van der Waals surface area contributed by atoms with Crippen molar-refractivity contribution in [3.63, 3.8) is 0 Å². The Kier molecular flexibility index (Phi) is 4.66. The van der Waals surface area contributed by atoms with Gasteiger partial charge in [-0.2, -0.15) is 0 Å². The number of rotatable bonds is 6. The van der Waals surface area contributed by atoms with Crippen molar-refractivity contribution in [3.8, 4) is 28.7 Å². The lowest BCUT2D eigenvalue weighted by Crippen LogP contribution is -2.06. The molecule has 24 heavy (non-hydrogen) atoms. The van der Waals surface area contributed by atoms with Crippen molar-refractivity contribution >= 4 is 0 Å². The highest BCUT2D eigenvalue weighted by atomic mass is 16.7. The van der Waals surface area contributed by atoms with E-state index in [-0.39, 0.29) is 31.7 Å². The second-order valence-electron chi connectivity index (χ2n) is 5.47. The van der Waals surface area contributed by atoms with Crippen molar-refractivity contribution in [2.24, 2.45) is 0 Å². The fraction of sp³-hybridized carbons (Fsp3) is 0.333. The van der Waals surface area contributed by atoms with Crippen LogP contribution >= 0.6 is 0 Å². The molecule has 0 amide bonds. The van der Waals surface area contributed by atoms with Crippen LogP contribution < -0.4 is 18.9 Å². The van der Waals surface area contributed by atoms with Gasteiger partial charge in [-0.15, -0.1) is 0 Å². The Bertz CT molecular complexity index is 728. The molecule has 1 unspecified atom stereocenters. The molecule has 0 bridgehead atoms. The van der Waals surface area contributed by atoms with Crippen LogP contribution in [0.4, 0.5) is 0 Å². The number of hydrogen-bond acceptors (Lipinski definition) is 6. The number of fused-ring (bicyclic) bond motifs is 1. The number of phenolic OH excluding ortho intramolecular Hbond substituents is 1. The van der Waals surface area contributed by atoms with E-state index in [1.165, 1.54) is 7.11 Å². The van der Waals surface area contributed by atoms with E-state index in [4.69, 9.17) is 24.1 Å². The topological polar surface area (TPSA) is 77.4 Å². The van der Waals surface area contributed by atoms with Gasteiger partial charge in [0.2, 0.25) is 6.79 Å². The predicted molar refractivity (Wildman–Crippen MR) is 87.3 cm³/mol. The first-order valence-corrected chi connectivity index (χ1v) is 7.68. The molecular weight excluding hydrogens is 312 g/mol. The summed E-state index contributed by atoms with van der Waals surface area (Å²) < 4.78 is 21.6. The molecule has 6 heteroatoms. The zero-order chi connectivity index (χ0) is 17.1. The summed E-state index contributed by atoms with van der Waals surface area (Å²) in [5.74, 6) is 2.34. The number of methoxy groups -OCH3 is 1. The summed E-state index contributed by atoms with van der Waals surface area (Å²) in [6.45, 7) is 2.29. The van der Waals surface area contributed by atoms with Crippen LogP contribution in [-0.2, 0) is 0 Å². The number of aliphatic hydroxyl groups is 1. The van der Waals surface area contributed by atoms with E-state index in [0.717, 1.165) is 11.1 Å². The van der Waals surface area contributed by atoms with Gasteiger partial charge in [-0.05, 0) is 23.8 Å². The Morgan fingerprint density at radius 3 is 2.54 bits per heavy atom. The van der Waals surface area contributed by atoms with Gasteiger partial charge in [0, 0.05) is 17.5 Å². The fourth-order valence-corrected chi connectivity index (χ4v) is 2.71. The monoisotopic (exact) mass is 332 g/mol. The normalized spacial score (nSPS) is 13.6. The first-order valence-electron chi connectivity index (χ1n) is 7.68. The standard InChI is InChI=1S/C18H20O6/c1-11(12-3-4-15(21-2)14(20)7-12)13-8-17-18(24-10-23-17)9-16(13)22-6-5-19/h3-4,7-9,11,19-20H,5-6,10H2,1-2H3. The molecule has 0 aromatic heterocycles. The predicted octanol–water partition coefficient (Wildman–Crippen LogP) is 2.65. The van der Waals surface area contributed by atoms with E-state index in [2.05, 4.69) is 0 Å². The number of hydrogen-bond donors (Lipinski definition) is 2. The van der Waals surface area contributed by atoms with E-state index in [1.54, 1.807) is 18.2 Å². The summed E-state index contributed by atoms with van der Waals surface area (Å²) in [6, 6.07) is 8.93. The summed E-state index contributed by atoms with van der Waals surface area (Å²) >= 11 is 0. The summed E-state index contributed by atoms with van der Waals surface area (Å²) in [5.41, 5.74) is 1.79. The van der Waals surface area contributed by atoms with Gasteiger partial charge in [-0.3, -0.25) is 0 Å². The molecule has 2 aromatic rings. The molecule has 0 aliphatic carbocycles. The second kappa shape index (κ2) is 6.88.